The number of pyridine rings is 2. The van der Waals surface area contributed by atoms with E-state index in [1.54, 1.807) is 18.5 Å². The minimum absolute atomic E-state index is 0.162. The lowest BCUT2D eigenvalue weighted by Gasteiger charge is -2.16. The molecule has 1 aliphatic rings. The Kier molecular flexibility index (Phi) is 3.23. The average molecular weight is 320 g/mol. The predicted molar refractivity (Wildman–Crippen MR) is 91.4 cm³/mol. The smallest absolute Gasteiger partial charge is 0.341 e. The summed E-state index contributed by atoms with van der Waals surface area (Å²) >= 11 is 0. The molecule has 1 saturated carbocycles. The summed E-state index contributed by atoms with van der Waals surface area (Å²) in [7, 11) is 0. The van der Waals surface area contributed by atoms with Crippen molar-refractivity contribution in [3.8, 4) is 11.1 Å². The summed E-state index contributed by atoms with van der Waals surface area (Å²) in [5, 5.41) is 9.80. The Morgan fingerprint density at radius 3 is 2.54 bits per heavy atom. The topological polar surface area (TPSA) is 72.2 Å². The van der Waals surface area contributed by atoms with Gasteiger partial charge in [0, 0.05) is 30.0 Å². The zero-order valence-electron chi connectivity index (χ0n) is 13.2. The molecule has 0 bridgehead atoms. The molecule has 24 heavy (non-hydrogen) atoms. The van der Waals surface area contributed by atoms with E-state index < -0.39 is 11.4 Å². The van der Waals surface area contributed by atoms with Gasteiger partial charge in [0.2, 0.25) is 5.43 Å². The molecule has 0 amide bonds. The molecule has 2 heterocycles. The van der Waals surface area contributed by atoms with Crippen molar-refractivity contribution in [3.05, 3.63) is 64.2 Å². The quantitative estimate of drug-likeness (QED) is 0.803. The first-order valence-corrected chi connectivity index (χ1v) is 7.90. The molecule has 0 radical (unpaired) electrons. The van der Waals surface area contributed by atoms with Gasteiger partial charge in [0.15, 0.2) is 0 Å². The molecule has 1 fully saturated rings. The van der Waals surface area contributed by atoms with Crippen molar-refractivity contribution in [2.24, 2.45) is 0 Å². The number of carboxylic acid groups (broad SMARTS) is 1. The minimum atomic E-state index is -1.17. The number of carbonyl (C=O) groups is 1. The second kappa shape index (κ2) is 5.30. The largest absolute Gasteiger partial charge is 0.477 e. The van der Waals surface area contributed by atoms with Gasteiger partial charge in [-0.05, 0) is 54.7 Å². The average Bonchev–Trinajstić information content (AvgIpc) is 3.41. The number of benzene rings is 1. The van der Waals surface area contributed by atoms with E-state index >= 15 is 0 Å². The fraction of sp³-hybridized carbons (Fsp3) is 0.211. The van der Waals surface area contributed by atoms with Crippen LogP contribution in [-0.4, -0.2) is 20.6 Å². The van der Waals surface area contributed by atoms with Crippen LogP contribution in [0.15, 0.2) is 47.7 Å². The number of hydrogen-bond donors (Lipinski definition) is 1. The van der Waals surface area contributed by atoms with Crippen LogP contribution in [0.3, 0.4) is 0 Å². The molecule has 2 aromatic heterocycles. The molecule has 5 nitrogen and oxygen atoms in total. The van der Waals surface area contributed by atoms with Crippen LogP contribution in [0.25, 0.3) is 22.0 Å². The summed E-state index contributed by atoms with van der Waals surface area (Å²) in [6, 6.07) is 7.76. The Morgan fingerprint density at radius 1 is 1.21 bits per heavy atom. The lowest BCUT2D eigenvalue weighted by atomic mass is 9.97. The molecular formula is C19H16N2O3. The highest BCUT2D eigenvalue weighted by Gasteiger charge is 2.27. The normalized spacial score (nSPS) is 14.0. The van der Waals surface area contributed by atoms with Crippen molar-refractivity contribution in [1.82, 2.24) is 9.55 Å². The molecule has 3 aromatic rings. The van der Waals surface area contributed by atoms with Crippen LogP contribution in [0.1, 0.15) is 34.8 Å². The lowest BCUT2D eigenvalue weighted by molar-refractivity contribution is 0.0695. The maximum Gasteiger partial charge on any atom is 0.341 e. The summed E-state index contributed by atoms with van der Waals surface area (Å²) in [4.78, 5) is 28.0. The molecule has 0 saturated heterocycles. The fourth-order valence-corrected chi connectivity index (χ4v) is 3.26. The first-order chi connectivity index (χ1) is 11.6. The van der Waals surface area contributed by atoms with Gasteiger partial charge >= 0.3 is 5.97 Å². The predicted octanol–water partition coefficient (Wildman–Crippen LogP) is 3.41. The molecule has 0 atom stereocenters. The Labute approximate surface area is 138 Å². The Hall–Kier alpha value is -2.95. The zero-order valence-corrected chi connectivity index (χ0v) is 13.2. The van der Waals surface area contributed by atoms with Crippen molar-refractivity contribution < 1.29 is 9.90 Å². The number of rotatable bonds is 3. The van der Waals surface area contributed by atoms with Gasteiger partial charge in [-0.25, -0.2) is 4.79 Å². The van der Waals surface area contributed by atoms with E-state index in [-0.39, 0.29) is 11.6 Å². The summed E-state index contributed by atoms with van der Waals surface area (Å²) in [6.07, 6.45) is 7.00. The van der Waals surface area contributed by atoms with Gasteiger partial charge in [0.25, 0.3) is 0 Å². The number of aromatic nitrogens is 2. The van der Waals surface area contributed by atoms with Crippen LogP contribution in [0.5, 0.6) is 0 Å². The fourth-order valence-electron chi connectivity index (χ4n) is 3.26. The second-order valence-electron chi connectivity index (χ2n) is 6.19. The van der Waals surface area contributed by atoms with E-state index in [4.69, 9.17) is 0 Å². The van der Waals surface area contributed by atoms with Gasteiger partial charge in [0.1, 0.15) is 5.56 Å². The summed E-state index contributed by atoms with van der Waals surface area (Å²) in [5.41, 5.74) is 3.30. The van der Waals surface area contributed by atoms with Crippen molar-refractivity contribution in [3.63, 3.8) is 0 Å². The molecule has 0 aliphatic heterocycles. The number of aryl methyl sites for hydroxylation is 1. The summed E-state index contributed by atoms with van der Waals surface area (Å²) < 4.78 is 1.97. The first-order valence-electron chi connectivity index (χ1n) is 7.90. The zero-order chi connectivity index (χ0) is 16.8. The molecule has 120 valence electrons. The van der Waals surface area contributed by atoms with Crippen LogP contribution in [0, 0.1) is 6.92 Å². The van der Waals surface area contributed by atoms with E-state index in [1.165, 1.54) is 6.20 Å². The van der Waals surface area contributed by atoms with Gasteiger partial charge in [-0.1, -0.05) is 6.07 Å². The molecule has 4 rings (SSSR count). The highest BCUT2D eigenvalue weighted by Crippen LogP contribution is 2.39. The molecule has 0 spiro atoms. The molecule has 1 aliphatic carbocycles. The maximum atomic E-state index is 12.6. The van der Waals surface area contributed by atoms with Crippen LogP contribution in [-0.2, 0) is 0 Å². The monoisotopic (exact) mass is 320 g/mol. The van der Waals surface area contributed by atoms with Gasteiger partial charge in [-0.2, -0.15) is 0 Å². The van der Waals surface area contributed by atoms with Gasteiger partial charge in [-0.15, -0.1) is 0 Å². The van der Waals surface area contributed by atoms with Crippen molar-refractivity contribution >= 4 is 16.9 Å². The maximum absolute atomic E-state index is 12.6. The molecule has 5 heteroatoms. The second-order valence-corrected chi connectivity index (χ2v) is 6.19. The van der Waals surface area contributed by atoms with Crippen LogP contribution in [0.4, 0.5) is 0 Å². The number of carboxylic acids is 1. The number of fused-ring (bicyclic) bond motifs is 1. The van der Waals surface area contributed by atoms with E-state index in [0.717, 1.165) is 35.0 Å². The number of hydrogen-bond acceptors (Lipinski definition) is 3. The number of nitrogens with zero attached hydrogens (tertiary/aromatic N) is 2. The third-order valence-corrected chi connectivity index (χ3v) is 4.61. The van der Waals surface area contributed by atoms with Crippen molar-refractivity contribution in [2.45, 2.75) is 25.8 Å². The highest BCUT2D eigenvalue weighted by molar-refractivity contribution is 5.95. The molecular weight excluding hydrogens is 304 g/mol. The van der Waals surface area contributed by atoms with Crippen molar-refractivity contribution in [1.29, 1.82) is 0 Å². The van der Waals surface area contributed by atoms with Gasteiger partial charge in [-0.3, -0.25) is 9.78 Å². The van der Waals surface area contributed by atoms with E-state index in [2.05, 4.69) is 4.98 Å². The summed E-state index contributed by atoms with van der Waals surface area (Å²) in [5.74, 6) is -1.17. The standard InChI is InChI=1S/C19H16N2O3/c1-11-14(12-6-8-20-9-7-12)4-5-15-17(11)21(13-2-3-13)10-16(18(15)22)19(23)24/h4-10,13H,2-3H2,1H3,(H,23,24). The minimum Gasteiger partial charge on any atom is -0.477 e. The molecule has 1 N–H and O–H groups in total. The number of aromatic carboxylic acids is 1. The van der Waals surface area contributed by atoms with Crippen LogP contribution in [0.2, 0.25) is 0 Å². The third kappa shape index (κ3) is 2.21. The van der Waals surface area contributed by atoms with Crippen LogP contribution >= 0.6 is 0 Å². The van der Waals surface area contributed by atoms with E-state index in [1.807, 2.05) is 29.7 Å². The van der Waals surface area contributed by atoms with E-state index in [9.17, 15) is 14.7 Å². The third-order valence-electron chi connectivity index (χ3n) is 4.61. The van der Waals surface area contributed by atoms with Gasteiger partial charge in [0.05, 0.1) is 5.52 Å². The van der Waals surface area contributed by atoms with Gasteiger partial charge < -0.3 is 9.67 Å². The lowest BCUT2D eigenvalue weighted by Crippen LogP contribution is -2.19. The highest BCUT2D eigenvalue weighted by atomic mass is 16.4. The summed E-state index contributed by atoms with van der Waals surface area (Å²) in [6.45, 7) is 1.98. The SMILES string of the molecule is Cc1c(-c2ccncc2)ccc2c(=O)c(C(=O)O)cn(C3CC3)c12. The Bertz CT molecular complexity index is 1020. The van der Waals surface area contributed by atoms with Crippen molar-refractivity contribution in [2.75, 3.05) is 0 Å². The first kappa shape index (κ1) is 14.6. The Morgan fingerprint density at radius 2 is 1.92 bits per heavy atom. The Balaban J connectivity index is 2.08. The van der Waals surface area contributed by atoms with Crippen LogP contribution < -0.4 is 5.43 Å². The van der Waals surface area contributed by atoms with E-state index in [0.29, 0.717) is 5.39 Å². The molecule has 0 unspecified atom stereocenters. The molecule has 1 aromatic carbocycles.